The highest BCUT2D eigenvalue weighted by Crippen LogP contribution is 2.20. The topological polar surface area (TPSA) is 23.6 Å². The second-order valence-electron chi connectivity index (χ2n) is 5.19. The maximum atomic E-state index is 11.4. The lowest BCUT2D eigenvalue weighted by atomic mass is 10.1. The quantitative estimate of drug-likeness (QED) is 0.513. The second-order valence-corrected chi connectivity index (χ2v) is 5.60. The van der Waals surface area contributed by atoms with E-state index in [-0.39, 0.29) is 5.43 Å². The Balaban J connectivity index is 2.30. The maximum Gasteiger partial charge on any atom is 0.203 e. The minimum absolute atomic E-state index is 0.0527. The van der Waals surface area contributed by atoms with Crippen LogP contribution in [0.15, 0.2) is 4.79 Å². The van der Waals surface area contributed by atoms with Gasteiger partial charge in [0.05, 0.1) is 5.69 Å². The van der Waals surface area contributed by atoms with E-state index >= 15 is 0 Å². The molecule has 0 saturated heterocycles. The Bertz CT molecular complexity index is 463. The molecule has 0 bridgehead atoms. The van der Waals surface area contributed by atoms with Gasteiger partial charge in [-0.2, -0.15) is 0 Å². The van der Waals surface area contributed by atoms with Crippen molar-refractivity contribution in [3.8, 4) is 0 Å². The zero-order chi connectivity index (χ0) is 14.4. The third-order valence-corrected chi connectivity index (χ3v) is 4.08. The maximum absolute atomic E-state index is 11.4. The highest BCUT2D eigenvalue weighted by atomic mass is 32.1. The first-order valence-electron chi connectivity index (χ1n) is 7.26. The number of hydrogen-bond donors (Lipinski definition) is 0. The third kappa shape index (κ3) is 4.11. The highest BCUT2D eigenvalue weighted by Gasteiger charge is 2.16. The van der Waals surface area contributed by atoms with Crippen LogP contribution in [0.2, 0.25) is 0 Å². The smallest absolute Gasteiger partial charge is 0.203 e. The number of unbranched alkanes of at least 4 members (excludes halogenated alkanes) is 1. The van der Waals surface area contributed by atoms with Crippen molar-refractivity contribution in [1.29, 1.82) is 0 Å². The molecule has 0 aliphatic heterocycles. The fraction of sp³-hybridized carbons (Fsp3) is 0.733. The Morgan fingerprint density at radius 1 is 1.11 bits per heavy atom. The number of nitrogens with zero attached hydrogens (tertiary/aromatic N) is 2. The molecule has 1 aromatic carbocycles. The van der Waals surface area contributed by atoms with Gasteiger partial charge in [-0.3, -0.25) is 4.79 Å². The molecular weight excluding hydrogens is 256 g/mol. The average molecular weight is 282 g/mol. The van der Waals surface area contributed by atoms with Gasteiger partial charge in [-0.05, 0) is 45.8 Å². The molecule has 19 heavy (non-hydrogen) atoms. The van der Waals surface area contributed by atoms with Crippen LogP contribution < -0.4 is 10.3 Å². The monoisotopic (exact) mass is 282 g/mol. The normalized spacial score (nSPS) is 11.4. The molecule has 0 aliphatic rings. The largest absolute Gasteiger partial charge is 0.373 e. The SMILES string of the molecule is CCCN(CC)CCCCN(C)c1c(C)c(=O)c1=S. The van der Waals surface area contributed by atoms with Crippen molar-refractivity contribution < 1.29 is 0 Å². The summed E-state index contributed by atoms with van der Waals surface area (Å²) in [5.41, 5.74) is 1.87. The van der Waals surface area contributed by atoms with Crippen molar-refractivity contribution in [3.63, 3.8) is 0 Å². The summed E-state index contributed by atoms with van der Waals surface area (Å²) < 4.78 is 0.515. The molecule has 0 atom stereocenters. The Morgan fingerprint density at radius 2 is 1.74 bits per heavy atom. The van der Waals surface area contributed by atoms with E-state index in [4.69, 9.17) is 12.2 Å². The molecule has 4 heteroatoms. The summed E-state index contributed by atoms with van der Waals surface area (Å²) in [6, 6.07) is 0. The summed E-state index contributed by atoms with van der Waals surface area (Å²) in [6.45, 7) is 10.8. The van der Waals surface area contributed by atoms with E-state index in [1.165, 1.54) is 25.9 Å². The van der Waals surface area contributed by atoms with Crippen LogP contribution in [0.4, 0.5) is 5.69 Å². The molecule has 0 aromatic heterocycles. The van der Waals surface area contributed by atoms with Gasteiger partial charge in [0.2, 0.25) is 5.43 Å². The highest BCUT2D eigenvalue weighted by molar-refractivity contribution is 7.71. The first-order valence-corrected chi connectivity index (χ1v) is 7.67. The van der Waals surface area contributed by atoms with Gasteiger partial charge in [-0.1, -0.05) is 26.1 Å². The van der Waals surface area contributed by atoms with Gasteiger partial charge in [0, 0.05) is 19.2 Å². The van der Waals surface area contributed by atoms with E-state index < -0.39 is 0 Å². The summed E-state index contributed by atoms with van der Waals surface area (Å²) in [6.07, 6.45) is 3.56. The van der Waals surface area contributed by atoms with Crippen molar-refractivity contribution in [1.82, 2.24) is 4.90 Å². The zero-order valence-electron chi connectivity index (χ0n) is 12.7. The Kier molecular flexibility index (Phi) is 6.66. The van der Waals surface area contributed by atoms with Gasteiger partial charge in [0.1, 0.15) is 4.51 Å². The van der Waals surface area contributed by atoms with Gasteiger partial charge < -0.3 is 9.80 Å². The summed E-state index contributed by atoms with van der Waals surface area (Å²) in [4.78, 5) is 16.0. The summed E-state index contributed by atoms with van der Waals surface area (Å²) >= 11 is 5.10. The molecule has 1 aromatic rings. The van der Waals surface area contributed by atoms with E-state index in [0.29, 0.717) is 4.51 Å². The van der Waals surface area contributed by atoms with Crippen molar-refractivity contribution in [2.24, 2.45) is 0 Å². The molecule has 0 saturated carbocycles. The predicted octanol–water partition coefficient (Wildman–Crippen LogP) is 2.91. The van der Waals surface area contributed by atoms with Crippen molar-refractivity contribution in [3.05, 3.63) is 20.3 Å². The summed E-state index contributed by atoms with van der Waals surface area (Å²) in [7, 11) is 2.03. The van der Waals surface area contributed by atoms with Crippen LogP contribution in [0.1, 0.15) is 38.7 Å². The molecule has 3 nitrogen and oxygen atoms in total. The number of anilines is 1. The molecule has 0 aliphatic carbocycles. The van der Waals surface area contributed by atoms with E-state index in [0.717, 1.165) is 30.8 Å². The summed E-state index contributed by atoms with van der Waals surface area (Å²) in [5, 5.41) is 0. The van der Waals surface area contributed by atoms with Gasteiger partial charge in [-0.25, -0.2) is 0 Å². The second kappa shape index (κ2) is 7.75. The zero-order valence-corrected chi connectivity index (χ0v) is 13.5. The molecule has 0 radical (unpaired) electrons. The minimum atomic E-state index is 0.0527. The lowest BCUT2D eigenvalue weighted by Crippen LogP contribution is -2.29. The van der Waals surface area contributed by atoms with E-state index in [1.807, 2.05) is 14.0 Å². The lowest BCUT2D eigenvalue weighted by Gasteiger charge is -2.24. The molecule has 1 rings (SSSR count). The van der Waals surface area contributed by atoms with Crippen LogP contribution in [0, 0.1) is 11.4 Å². The Labute approximate surface area is 121 Å². The minimum Gasteiger partial charge on any atom is -0.373 e. The average Bonchev–Trinajstić information content (AvgIpc) is 2.42. The third-order valence-electron chi connectivity index (χ3n) is 3.70. The first kappa shape index (κ1) is 16.3. The molecule has 0 N–H and O–H groups in total. The standard InChI is InChI=1S/C15H26N2OS/c1-5-9-17(6-2)11-8-7-10-16(4)13-12(3)14(18)15(13)19/h5-11H2,1-4H3. The van der Waals surface area contributed by atoms with Crippen LogP contribution in [-0.4, -0.2) is 38.1 Å². The van der Waals surface area contributed by atoms with Crippen molar-refractivity contribution in [2.75, 3.05) is 38.1 Å². The lowest BCUT2D eigenvalue weighted by molar-refractivity contribution is 0.283. The van der Waals surface area contributed by atoms with Gasteiger partial charge in [0.15, 0.2) is 0 Å². The van der Waals surface area contributed by atoms with Crippen molar-refractivity contribution >= 4 is 17.9 Å². The molecule has 0 fully saturated rings. The number of hydrogen-bond acceptors (Lipinski definition) is 4. The van der Waals surface area contributed by atoms with Crippen LogP contribution in [0.3, 0.4) is 0 Å². The first-order chi connectivity index (χ1) is 9.02. The Hall–Kier alpha value is -0.740. The van der Waals surface area contributed by atoms with Crippen LogP contribution in [0.5, 0.6) is 0 Å². The molecule has 0 unspecified atom stereocenters. The fourth-order valence-electron chi connectivity index (χ4n) is 2.49. The van der Waals surface area contributed by atoms with Crippen LogP contribution in [0.25, 0.3) is 0 Å². The predicted molar refractivity (Wildman–Crippen MR) is 85.6 cm³/mol. The van der Waals surface area contributed by atoms with E-state index in [2.05, 4.69) is 23.6 Å². The summed E-state index contributed by atoms with van der Waals surface area (Å²) in [5.74, 6) is 0. The van der Waals surface area contributed by atoms with Crippen LogP contribution in [-0.2, 0) is 0 Å². The van der Waals surface area contributed by atoms with Crippen LogP contribution >= 0.6 is 12.2 Å². The van der Waals surface area contributed by atoms with Gasteiger partial charge in [0.25, 0.3) is 0 Å². The molecule has 0 heterocycles. The van der Waals surface area contributed by atoms with Crippen molar-refractivity contribution in [2.45, 2.75) is 40.0 Å². The van der Waals surface area contributed by atoms with E-state index in [1.54, 1.807) is 0 Å². The Morgan fingerprint density at radius 3 is 2.26 bits per heavy atom. The van der Waals surface area contributed by atoms with Gasteiger partial charge >= 0.3 is 0 Å². The number of rotatable bonds is 9. The molecular formula is C15H26N2OS. The molecule has 108 valence electrons. The van der Waals surface area contributed by atoms with E-state index in [9.17, 15) is 4.79 Å². The molecule has 0 spiro atoms. The molecule has 0 amide bonds. The fourth-order valence-corrected chi connectivity index (χ4v) is 2.96. The van der Waals surface area contributed by atoms with Gasteiger partial charge in [-0.15, -0.1) is 0 Å².